The van der Waals surface area contributed by atoms with Crippen LogP contribution in [0.5, 0.6) is 0 Å². The Bertz CT molecular complexity index is 689. The highest BCUT2D eigenvalue weighted by molar-refractivity contribution is 7.87. The van der Waals surface area contributed by atoms with Crippen LogP contribution in [0.4, 0.5) is 8.28 Å². The summed E-state index contributed by atoms with van der Waals surface area (Å²) in [4.78, 5) is 24.0. The Hall–Kier alpha value is -2.03. The van der Waals surface area contributed by atoms with E-state index in [0.717, 1.165) is 17.0 Å². The summed E-state index contributed by atoms with van der Waals surface area (Å²) in [6.07, 6.45) is -0.702. The number of halogens is 2. The molecule has 0 aliphatic carbocycles. The van der Waals surface area contributed by atoms with E-state index < -0.39 is 52.2 Å². The average molecular weight is 333 g/mol. The number of carbonyl (C=O) groups excluding carboxylic acids is 1. The predicted octanol–water partition coefficient (Wildman–Crippen LogP) is 0.722. The van der Waals surface area contributed by atoms with E-state index in [2.05, 4.69) is 0 Å². The lowest BCUT2D eigenvalue weighted by Crippen LogP contribution is -2.44. The van der Waals surface area contributed by atoms with Crippen molar-refractivity contribution in [2.45, 2.75) is 24.1 Å². The molecule has 1 aliphatic heterocycles. The fourth-order valence-electron chi connectivity index (χ4n) is 2.36. The van der Waals surface area contributed by atoms with Crippen LogP contribution in [0.2, 0.25) is 0 Å². The fourth-order valence-corrected chi connectivity index (χ4v) is 3.04. The van der Waals surface area contributed by atoms with E-state index in [1.165, 1.54) is 12.1 Å². The molecule has 1 aromatic carbocycles. The number of aliphatic carboxylic acids is 1. The van der Waals surface area contributed by atoms with E-state index in [1.807, 2.05) is 0 Å². The minimum atomic E-state index is -4.91. The molecule has 1 unspecified atom stereocenters. The first-order chi connectivity index (χ1) is 10.2. The molecule has 1 heterocycles. The molecular weight excluding hydrogens is 320 g/mol. The van der Waals surface area contributed by atoms with Gasteiger partial charge in [0, 0.05) is 19.4 Å². The minimum absolute atomic E-state index is 0.125. The maximum absolute atomic E-state index is 13.0. The highest BCUT2D eigenvalue weighted by Crippen LogP contribution is 2.23. The quantitative estimate of drug-likeness (QED) is 0.802. The van der Waals surface area contributed by atoms with Crippen molar-refractivity contribution in [1.82, 2.24) is 4.90 Å². The largest absolute Gasteiger partial charge is 0.480 e. The van der Waals surface area contributed by atoms with Crippen molar-refractivity contribution in [2.24, 2.45) is 0 Å². The van der Waals surface area contributed by atoms with Crippen LogP contribution in [0.3, 0.4) is 0 Å². The molecule has 1 saturated heterocycles. The van der Waals surface area contributed by atoms with E-state index in [0.29, 0.717) is 5.56 Å². The average Bonchev–Trinajstić information content (AvgIpc) is 2.79. The fraction of sp³-hybridized carbons (Fsp3) is 0.385. The summed E-state index contributed by atoms with van der Waals surface area (Å²) in [5.41, 5.74) is 0.466. The van der Waals surface area contributed by atoms with Gasteiger partial charge in [-0.15, -0.1) is 3.89 Å². The van der Waals surface area contributed by atoms with Crippen LogP contribution in [0, 0.1) is 5.82 Å². The standard InChI is InChI=1S/C13H13F2NO5S/c14-9-3-1-8(2-4-9)5-11(13(18)19)16-7-10(6-12(16)17)22(15,20)21/h1-4,10-11H,5-7H2,(H,18,19)/t10?,11-/m0/s1. The summed E-state index contributed by atoms with van der Waals surface area (Å²) in [6.45, 7) is -0.504. The van der Waals surface area contributed by atoms with Crippen LogP contribution in [0.1, 0.15) is 12.0 Å². The molecule has 2 rings (SSSR count). The Labute approximate surface area is 125 Å². The molecule has 1 aromatic rings. The molecule has 1 fully saturated rings. The molecule has 1 amide bonds. The number of hydrogen-bond donors (Lipinski definition) is 1. The van der Waals surface area contributed by atoms with Crippen LogP contribution in [0.25, 0.3) is 0 Å². The normalized spacial score (nSPS) is 20.2. The van der Waals surface area contributed by atoms with E-state index in [1.54, 1.807) is 0 Å². The number of amides is 1. The third-order valence-electron chi connectivity index (χ3n) is 3.52. The van der Waals surface area contributed by atoms with Gasteiger partial charge in [0.05, 0.1) is 0 Å². The second-order valence-corrected chi connectivity index (χ2v) is 6.65. The maximum Gasteiger partial charge on any atom is 0.326 e. The molecule has 1 aliphatic rings. The van der Waals surface area contributed by atoms with Gasteiger partial charge in [-0.25, -0.2) is 9.18 Å². The van der Waals surface area contributed by atoms with E-state index in [-0.39, 0.29) is 6.42 Å². The Morgan fingerprint density at radius 2 is 1.95 bits per heavy atom. The molecule has 0 bridgehead atoms. The summed E-state index contributed by atoms with van der Waals surface area (Å²) in [5, 5.41) is 7.70. The van der Waals surface area contributed by atoms with Gasteiger partial charge in [-0.1, -0.05) is 12.1 Å². The van der Waals surface area contributed by atoms with E-state index >= 15 is 0 Å². The number of rotatable bonds is 5. The number of carbonyl (C=O) groups is 2. The van der Waals surface area contributed by atoms with Crippen LogP contribution in [0.15, 0.2) is 24.3 Å². The number of nitrogens with zero attached hydrogens (tertiary/aromatic N) is 1. The van der Waals surface area contributed by atoms with E-state index in [4.69, 9.17) is 0 Å². The second-order valence-electron chi connectivity index (χ2n) is 5.03. The first-order valence-electron chi connectivity index (χ1n) is 6.38. The highest BCUT2D eigenvalue weighted by Gasteiger charge is 2.43. The molecular formula is C13H13F2NO5S. The second kappa shape index (κ2) is 5.99. The van der Waals surface area contributed by atoms with Crippen molar-refractivity contribution in [3.63, 3.8) is 0 Å². The summed E-state index contributed by atoms with van der Waals surface area (Å²) in [5.74, 6) is -2.56. The zero-order valence-electron chi connectivity index (χ0n) is 11.3. The summed E-state index contributed by atoms with van der Waals surface area (Å²) < 4.78 is 47.6. The SMILES string of the molecule is O=C(O)[C@H](Cc1ccc(F)cc1)N1CC(S(=O)(=O)F)CC1=O. The Morgan fingerprint density at radius 3 is 2.41 bits per heavy atom. The molecule has 120 valence electrons. The number of likely N-dealkylation sites (tertiary alicyclic amines) is 1. The predicted molar refractivity (Wildman–Crippen MR) is 71.7 cm³/mol. The number of benzene rings is 1. The molecule has 0 radical (unpaired) electrons. The highest BCUT2D eigenvalue weighted by atomic mass is 32.3. The zero-order valence-corrected chi connectivity index (χ0v) is 12.1. The van der Waals surface area contributed by atoms with Crippen LogP contribution >= 0.6 is 0 Å². The lowest BCUT2D eigenvalue weighted by atomic mass is 10.0. The molecule has 6 nitrogen and oxygen atoms in total. The molecule has 0 spiro atoms. The van der Waals surface area contributed by atoms with Gasteiger partial charge in [-0.05, 0) is 17.7 Å². The third-order valence-corrected chi connectivity index (χ3v) is 4.64. The monoisotopic (exact) mass is 333 g/mol. The summed E-state index contributed by atoms with van der Waals surface area (Å²) in [6, 6.07) is 3.71. The van der Waals surface area contributed by atoms with Gasteiger partial charge in [0.2, 0.25) is 5.91 Å². The van der Waals surface area contributed by atoms with Gasteiger partial charge in [-0.2, -0.15) is 8.42 Å². The van der Waals surface area contributed by atoms with Gasteiger partial charge in [0.1, 0.15) is 17.1 Å². The molecule has 0 saturated carbocycles. The molecule has 22 heavy (non-hydrogen) atoms. The van der Waals surface area contributed by atoms with Crippen LogP contribution in [-0.2, 0) is 26.2 Å². The minimum Gasteiger partial charge on any atom is -0.480 e. The first-order valence-corrected chi connectivity index (χ1v) is 7.83. The van der Waals surface area contributed by atoms with Gasteiger partial charge < -0.3 is 10.0 Å². The van der Waals surface area contributed by atoms with Gasteiger partial charge in [-0.3, -0.25) is 4.79 Å². The van der Waals surface area contributed by atoms with Crippen molar-refractivity contribution < 1.29 is 31.4 Å². The molecule has 0 aromatic heterocycles. The van der Waals surface area contributed by atoms with Crippen molar-refractivity contribution in [3.8, 4) is 0 Å². The van der Waals surface area contributed by atoms with Crippen molar-refractivity contribution in [3.05, 3.63) is 35.6 Å². The maximum atomic E-state index is 13.0. The van der Waals surface area contributed by atoms with E-state index in [9.17, 15) is 31.4 Å². The Morgan fingerprint density at radius 1 is 1.36 bits per heavy atom. The zero-order chi connectivity index (χ0) is 16.5. The molecule has 2 atom stereocenters. The summed E-state index contributed by atoms with van der Waals surface area (Å²) >= 11 is 0. The lowest BCUT2D eigenvalue weighted by Gasteiger charge is -2.24. The first kappa shape index (κ1) is 16.3. The van der Waals surface area contributed by atoms with Crippen LogP contribution < -0.4 is 0 Å². The van der Waals surface area contributed by atoms with Gasteiger partial charge in [0.15, 0.2) is 0 Å². The topological polar surface area (TPSA) is 91.8 Å². The van der Waals surface area contributed by atoms with Gasteiger partial charge in [0.25, 0.3) is 0 Å². The van der Waals surface area contributed by atoms with Gasteiger partial charge >= 0.3 is 16.2 Å². The third kappa shape index (κ3) is 3.59. The van der Waals surface area contributed by atoms with Crippen molar-refractivity contribution in [1.29, 1.82) is 0 Å². The van der Waals surface area contributed by atoms with Crippen molar-refractivity contribution in [2.75, 3.05) is 6.54 Å². The molecule has 9 heteroatoms. The lowest BCUT2D eigenvalue weighted by molar-refractivity contribution is -0.148. The molecule has 1 N–H and O–H groups in total. The number of carboxylic acid groups (broad SMARTS) is 1. The Kier molecular flexibility index (Phi) is 4.45. The van der Waals surface area contributed by atoms with Crippen LogP contribution in [-0.4, -0.2) is 48.1 Å². The number of hydrogen-bond acceptors (Lipinski definition) is 4. The summed E-state index contributed by atoms with van der Waals surface area (Å²) in [7, 11) is -4.91. The smallest absolute Gasteiger partial charge is 0.326 e. The number of carboxylic acids is 1. The Balaban J connectivity index is 2.20. The van der Waals surface area contributed by atoms with Crippen molar-refractivity contribution >= 4 is 22.1 Å².